The highest BCUT2D eigenvalue weighted by Gasteiger charge is 2.15. The fourth-order valence-electron chi connectivity index (χ4n) is 2.49. The van der Waals surface area contributed by atoms with E-state index in [9.17, 15) is 4.79 Å². The first kappa shape index (κ1) is 14.9. The van der Waals surface area contributed by atoms with Crippen LogP contribution in [0.5, 0.6) is 0 Å². The highest BCUT2D eigenvalue weighted by Crippen LogP contribution is 2.18. The zero-order valence-corrected chi connectivity index (χ0v) is 11.1. The molecule has 1 fully saturated rings. The first-order valence-electron chi connectivity index (χ1n) is 7.21. The summed E-state index contributed by atoms with van der Waals surface area (Å²) in [5.74, 6) is -0.533. The molecule has 0 aromatic rings. The molecule has 1 aliphatic carbocycles. The Bertz CT molecular complexity index is 274. The molecule has 102 valence electrons. The average molecular weight is 252 g/mol. The van der Waals surface area contributed by atoms with E-state index in [-0.39, 0.29) is 6.10 Å². The number of ether oxygens (including phenoxy) is 1. The number of esters is 1. The molecular weight excluding hydrogens is 228 g/mol. The van der Waals surface area contributed by atoms with Crippen molar-refractivity contribution < 1.29 is 14.3 Å². The zero-order chi connectivity index (χ0) is 13.1. The SMILES string of the molecule is [N-]=[N+]=CC(=O)OC1CCCCCCCCCCC1. The van der Waals surface area contributed by atoms with Crippen LogP contribution in [-0.4, -0.2) is 23.1 Å². The average Bonchev–Trinajstić information content (AvgIpc) is 2.33. The summed E-state index contributed by atoms with van der Waals surface area (Å²) in [6, 6.07) is 0. The minimum Gasteiger partial charge on any atom is -0.454 e. The Balaban J connectivity index is 2.35. The van der Waals surface area contributed by atoms with E-state index >= 15 is 0 Å². The first-order valence-corrected chi connectivity index (χ1v) is 7.21. The van der Waals surface area contributed by atoms with E-state index in [0.717, 1.165) is 31.9 Å². The summed E-state index contributed by atoms with van der Waals surface area (Å²) in [5.41, 5.74) is 8.29. The van der Waals surface area contributed by atoms with Crippen molar-refractivity contribution in [2.24, 2.45) is 0 Å². The summed E-state index contributed by atoms with van der Waals surface area (Å²) in [6.07, 6.45) is 14.0. The standard InChI is InChI=1S/C14H24N2O2/c15-16-12-14(17)18-13-10-8-6-4-2-1-3-5-7-9-11-13/h12-13H,1-11H2. The van der Waals surface area contributed by atoms with Crippen LogP contribution in [0.1, 0.15) is 70.6 Å². The lowest BCUT2D eigenvalue weighted by atomic mass is 9.99. The van der Waals surface area contributed by atoms with Crippen molar-refractivity contribution in [1.82, 2.24) is 0 Å². The van der Waals surface area contributed by atoms with Crippen LogP contribution in [0, 0.1) is 0 Å². The number of nitrogens with zero attached hydrogens (tertiary/aromatic N) is 2. The third-order valence-corrected chi connectivity index (χ3v) is 3.50. The van der Waals surface area contributed by atoms with Crippen molar-refractivity contribution in [2.75, 3.05) is 0 Å². The van der Waals surface area contributed by atoms with Crippen LogP contribution in [0.3, 0.4) is 0 Å². The number of rotatable bonds is 2. The monoisotopic (exact) mass is 252 g/mol. The van der Waals surface area contributed by atoms with E-state index in [1.54, 1.807) is 0 Å². The molecule has 0 atom stereocenters. The van der Waals surface area contributed by atoms with Gasteiger partial charge in [0.1, 0.15) is 6.10 Å². The quantitative estimate of drug-likeness (QED) is 0.327. The molecule has 0 aromatic heterocycles. The van der Waals surface area contributed by atoms with Crippen molar-refractivity contribution in [1.29, 1.82) is 0 Å². The van der Waals surface area contributed by atoms with Crippen molar-refractivity contribution in [2.45, 2.75) is 76.7 Å². The Kier molecular flexibility index (Phi) is 8.15. The van der Waals surface area contributed by atoms with Gasteiger partial charge in [-0.2, -0.15) is 4.79 Å². The van der Waals surface area contributed by atoms with Gasteiger partial charge in [-0.1, -0.05) is 44.9 Å². The van der Waals surface area contributed by atoms with Crippen LogP contribution in [0.4, 0.5) is 0 Å². The topological polar surface area (TPSA) is 62.7 Å². The molecule has 0 aliphatic heterocycles. The van der Waals surface area contributed by atoms with Gasteiger partial charge < -0.3 is 10.3 Å². The zero-order valence-electron chi connectivity index (χ0n) is 11.1. The molecule has 18 heavy (non-hydrogen) atoms. The molecular formula is C14H24N2O2. The summed E-state index contributed by atoms with van der Waals surface area (Å²) >= 11 is 0. The maximum absolute atomic E-state index is 11.3. The molecule has 0 unspecified atom stereocenters. The Labute approximate surface area is 109 Å². The van der Waals surface area contributed by atoms with Crippen LogP contribution >= 0.6 is 0 Å². The van der Waals surface area contributed by atoms with Gasteiger partial charge in [0, 0.05) is 0 Å². The van der Waals surface area contributed by atoms with Gasteiger partial charge in [0.2, 0.25) is 0 Å². The predicted molar refractivity (Wildman–Crippen MR) is 70.4 cm³/mol. The lowest BCUT2D eigenvalue weighted by Gasteiger charge is -2.16. The fraction of sp³-hybridized carbons (Fsp3) is 0.857. The molecule has 0 radical (unpaired) electrons. The van der Waals surface area contributed by atoms with Crippen LogP contribution in [0.25, 0.3) is 5.53 Å². The lowest BCUT2D eigenvalue weighted by molar-refractivity contribution is -0.144. The minimum absolute atomic E-state index is 0.00470. The summed E-state index contributed by atoms with van der Waals surface area (Å²) in [4.78, 5) is 14.0. The Morgan fingerprint density at radius 2 is 1.39 bits per heavy atom. The van der Waals surface area contributed by atoms with E-state index in [1.807, 2.05) is 0 Å². The normalized spacial score (nSPS) is 20.0. The summed E-state index contributed by atoms with van der Waals surface area (Å²) in [5, 5.41) is 0. The second kappa shape index (κ2) is 9.84. The van der Waals surface area contributed by atoms with Crippen molar-refractivity contribution in [3.8, 4) is 0 Å². The van der Waals surface area contributed by atoms with Crippen molar-refractivity contribution in [3.05, 3.63) is 5.53 Å². The Morgan fingerprint density at radius 1 is 0.944 bits per heavy atom. The smallest absolute Gasteiger partial charge is 0.413 e. The van der Waals surface area contributed by atoms with Gasteiger partial charge in [-0.3, -0.25) is 0 Å². The van der Waals surface area contributed by atoms with Crippen LogP contribution in [0.2, 0.25) is 0 Å². The minimum atomic E-state index is -0.533. The molecule has 4 heteroatoms. The third-order valence-electron chi connectivity index (χ3n) is 3.50. The lowest BCUT2D eigenvalue weighted by Crippen LogP contribution is -2.19. The van der Waals surface area contributed by atoms with Crippen molar-refractivity contribution >= 4 is 12.2 Å². The van der Waals surface area contributed by atoms with E-state index in [2.05, 4.69) is 4.79 Å². The van der Waals surface area contributed by atoms with Gasteiger partial charge in [-0.15, -0.1) is 0 Å². The summed E-state index contributed by atoms with van der Waals surface area (Å²) < 4.78 is 5.29. The molecule has 4 nitrogen and oxygen atoms in total. The number of hydrogen-bond donors (Lipinski definition) is 0. The van der Waals surface area contributed by atoms with Crippen LogP contribution in [-0.2, 0) is 9.53 Å². The molecule has 0 heterocycles. The molecule has 0 amide bonds. The largest absolute Gasteiger partial charge is 0.454 e. The first-order chi connectivity index (χ1) is 8.83. The number of carbonyl (C=O) groups excluding carboxylic acids is 1. The molecule has 0 spiro atoms. The van der Waals surface area contributed by atoms with Gasteiger partial charge in [0.25, 0.3) is 0 Å². The second-order valence-corrected chi connectivity index (χ2v) is 5.06. The third kappa shape index (κ3) is 7.23. The van der Waals surface area contributed by atoms with Gasteiger partial charge in [0.05, 0.1) is 0 Å². The predicted octanol–water partition coefficient (Wildman–Crippen LogP) is 3.50. The molecule has 0 N–H and O–H groups in total. The highest BCUT2D eigenvalue weighted by atomic mass is 16.5. The van der Waals surface area contributed by atoms with E-state index in [4.69, 9.17) is 10.3 Å². The van der Waals surface area contributed by atoms with E-state index in [1.165, 1.54) is 44.9 Å². The van der Waals surface area contributed by atoms with E-state index in [0.29, 0.717) is 0 Å². The van der Waals surface area contributed by atoms with Crippen LogP contribution < -0.4 is 0 Å². The molecule has 0 aromatic carbocycles. The summed E-state index contributed by atoms with van der Waals surface area (Å²) in [6.45, 7) is 0. The van der Waals surface area contributed by atoms with Gasteiger partial charge in [0.15, 0.2) is 0 Å². The number of carbonyl (C=O) groups is 1. The highest BCUT2D eigenvalue weighted by molar-refractivity contribution is 6.20. The maximum Gasteiger partial charge on any atom is 0.413 e. The fourth-order valence-corrected chi connectivity index (χ4v) is 2.49. The second-order valence-electron chi connectivity index (χ2n) is 5.06. The molecule has 1 rings (SSSR count). The Morgan fingerprint density at radius 3 is 1.83 bits per heavy atom. The molecule has 1 saturated carbocycles. The molecule has 0 saturated heterocycles. The Hall–Kier alpha value is -1.15. The van der Waals surface area contributed by atoms with Gasteiger partial charge in [-0.05, 0) is 25.7 Å². The molecule has 1 aliphatic rings. The number of hydrogen-bond acceptors (Lipinski definition) is 2. The van der Waals surface area contributed by atoms with Gasteiger partial charge in [-0.25, -0.2) is 4.79 Å². The van der Waals surface area contributed by atoms with Gasteiger partial charge >= 0.3 is 12.2 Å². The van der Waals surface area contributed by atoms with Crippen LogP contribution in [0.15, 0.2) is 0 Å². The molecule has 0 bridgehead atoms. The van der Waals surface area contributed by atoms with Crippen molar-refractivity contribution in [3.63, 3.8) is 0 Å². The maximum atomic E-state index is 11.3. The van der Waals surface area contributed by atoms with E-state index < -0.39 is 5.97 Å². The summed E-state index contributed by atoms with van der Waals surface area (Å²) in [7, 11) is 0.